The summed E-state index contributed by atoms with van der Waals surface area (Å²) in [5.74, 6) is 0. The van der Waals surface area contributed by atoms with Crippen LogP contribution in [0.25, 0.3) is 0 Å². The second-order valence-corrected chi connectivity index (χ2v) is 7.15. The Bertz CT molecular complexity index is 852. The summed E-state index contributed by atoms with van der Waals surface area (Å²) in [4.78, 5) is 10.3. The van der Waals surface area contributed by atoms with Gasteiger partial charge >= 0.3 is 0 Å². The van der Waals surface area contributed by atoms with Crippen LogP contribution in [0.4, 0.5) is 11.4 Å². The van der Waals surface area contributed by atoms with Gasteiger partial charge in [-0.25, -0.2) is 8.42 Å². The van der Waals surface area contributed by atoms with Crippen molar-refractivity contribution in [1.82, 2.24) is 0 Å². The van der Waals surface area contributed by atoms with Crippen LogP contribution in [0.3, 0.4) is 0 Å². The fourth-order valence-electron chi connectivity index (χ4n) is 2.20. The SMILES string of the molecule is CCN(c1cccc(Cl)c1)S(=O)(=O)c1ccc(C)c([N+](=O)[O-])c1. The van der Waals surface area contributed by atoms with Crippen LogP contribution in [-0.4, -0.2) is 19.9 Å². The molecule has 0 amide bonds. The molecule has 2 aromatic carbocycles. The molecule has 2 rings (SSSR count). The third-order valence-corrected chi connectivity index (χ3v) is 5.48. The molecule has 0 atom stereocenters. The Labute approximate surface area is 139 Å². The lowest BCUT2D eigenvalue weighted by molar-refractivity contribution is -0.385. The van der Waals surface area contributed by atoms with Crippen LogP contribution in [0.1, 0.15) is 12.5 Å². The fraction of sp³-hybridized carbons (Fsp3) is 0.200. The first-order valence-corrected chi connectivity index (χ1v) is 8.62. The maximum absolute atomic E-state index is 12.8. The van der Waals surface area contributed by atoms with E-state index in [-0.39, 0.29) is 17.1 Å². The summed E-state index contributed by atoms with van der Waals surface area (Å²) in [5.41, 5.74) is 0.580. The van der Waals surface area contributed by atoms with Crippen LogP contribution in [-0.2, 0) is 10.0 Å². The Balaban J connectivity index is 2.56. The monoisotopic (exact) mass is 354 g/mol. The second kappa shape index (κ2) is 6.55. The molecule has 0 aliphatic rings. The summed E-state index contributed by atoms with van der Waals surface area (Å²) in [6, 6.07) is 10.3. The average molecular weight is 355 g/mol. The van der Waals surface area contributed by atoms with Crippen molar-refractivity contribution in [3.63, 3.8) is 0 Å². The molecule has 0 unspecified atom stereocenters. The Kier molecular flexibility index (Phi) is 4.91. The molecule has 23 heavy (non-hydrogen) atoms. The molecule has 0 saturated heterocycles. The van der Waals surface area contributed by atoms with Crippen molar-refractivity contribution in [3.8, 4) is 0 Å². The number of sulfonamides is 1. The summed E-state index contributed by atoms with van der Waals surface area (Å²) in [5, 5.41) is 11.4. The molecule has 0 saturated carbocycles. The molecule has 0 aromatic heterocycles. The van der Waals surface area contributed by atoms with Gasteiger partial charge in [0.05, 0.1) is 15.5 Å². The first-order chi connectivity index (χ1) is 10.8. The van der Waals surface area contributed by atoms with Gasteiger partial charge in [-0.1, -0.05) is 23.7 Å². The number of nitro benzene ring substituents is 1. The summed E-state index contributed by atoms with van der Waals surface area (Å²) < 4.78 is 26.8. The van der Waals surface area contributed by atoms with Gasteiger partial charge in [0.2, 0.25) is 0 Å². The Morgan fingerprint density at radius 2 is 1.91 bits per heavy atom. The third kappa shape index (κ3) is 3.46. The number of rotatable bonds is 5. The first kappa shape index (κ1) is 17.2. The fourth-order valence-corrected chi connectivity index (χ4v) is 3.87. The normalized spacial score (nSPS) is 11.3. The minimum absolute atomic E-state index is 0.128. The van der Waals surface area contributed by atoms with Gasteiger partial charge in [-0.05, 0) is 38.1 Å². The standard InChI is InChI=1S/C15H15ClN2O4S/c1-3-17(13-6-4-5-12(16)9-13)23(21,22)14-8-7-11(2)15(10-14)18(19)20/h4-10H,3H2,1-2H3. The molecule has 2 aromatic rings. The lowest BCUT2D eigenvalue weighted by atomic mass is 10.2. The average Bonchev–Trinajstić information content (AvgIpc) is 2.47. The molecule has 122 valence electrons. The first-order valence-electron chi connectivity index (χ1n) is 6.80. The van der Waals surface area contributed by atoms with Crippen LogP contribution in [0.15, 0.2) is 47.4 Å². The lowest BCUT2D eigenvalue weighted by Crippen LogP contribution is -2.30. The van der Waals surface area contributed by atoms with Crippen molar-refractivity contribution in [2.24, 2.45) is 0 Å². The van der Waals surface area contributed by atoms with Gasteiger partial charge in [0.15, 0.2) is 0 Å². The summed E-state index contributed by atoms with van der Waals surface area (Å²) >= 11 is 5.92. The maximum Gasteiger partial charge on any atom is 0.273 e. The number of hydrogen-bond donors (Lipinski definition) is 0. The number of hydrogen-bond acceptors (Lipinski definition) is 4. The molecule has 0 fully saturated rings. The topological polar surface area (TPSA) is 80.5 Å². The van der Waals surface area contributed by atoms with Crippen molar-refractivity contribution >= 4 is 33.0 Å². The molecule has 6 nitrogen and oxygen atoms in total. The van der Waals surface area contributed by atoms with E-state index in [2.05, 4.69) is 0 Å². The highest BCUT2D eigenvalue weighted by Crippen LogP contribution is 2.28. The van der Waals surface area contributed by atoms with Gasteiger partial charge in [0.1, 0.15) is 0 Å². The number of nitro groups is 1. The van der Waals surface area contributed by atoms with E-state index in [1.54, 1.807) is 32.0 Å². The molecular formula is C15H15ClN2O4S. The molecule has 0 bridgehead atoms. The smallest absolute Gasteiger partial charge is 0.267 e. The van der Waals surface area contributed by atoms with Gasteiger partial charge in [0, 0.05) is 23.2 Å². The molecule has 0 spiro atoms. The highest BCUT2D eigenvalue weighted by Gasteiger charge is 2.26. The van der Waals surface area contributed by atoms with Crippen LogP contribution in [0.2, 0.25) is 5.02 Å². The van der Waals surface area contributed by atoms with Gasteiger partial charge in [-0.3, -0.25) is 14.4 Å². The largest absolute Gasteiger partial charge is 0.273 e. The predicted octanol–water partition coefficient (Wildman–Crippen LogP) is 3.77. The molecule has 8 heteroatoms. The van der Waals surface area contributed by atoms with Crippen LogP contribution in [0.5, 0.6) is 0 Å². The molecule has 0 N–H and O–H groups in total. The Morgan fingerprint density at radius 1 is 1.22 bits per heavy atom. The number of nitrogens with zero attached hydrogens (tertiary/aromatic N) is 2. The van der Waals surface area contributed by atoms with E-state index in [0.717, 1.165) is 10.4 Å². The van der Waals surface area contributed by atoms with Gasteiger partial charge in [-0.15, -0.1) is 0 Å². The van der Waals surface area contributed by atoms with Crippen molar-refractivity contribution in [1.29, 1.82) is 0 Å². The summed E-state index contributed by atoms with van der Waals surface area (Å²) in [6.07, 6.45) is 0. The second-order valence-electron chi connectivity index (χ2n) is 4.86. The molecular weight excluding hydrogens is 340 g/mol. The molecule has 0 radical (unpaired) electrons. The van der Waals surface area contributed by atoms with E-state index in [0.29, 0.717) is 16.3 Å². The van der Waals surface area contributed by atoms with Crippen molar-refractivity contribution < 1.29 is 13.3 Å². The molecule has 0 aliphatic carbocycles. The zero-order valence-corrected chi connectivity index (χ0v) is 14.1. The minimum Gasteiger partial charge on any atom is -0.267 e. The van der Waals surface area contributed by atoms with Crippen molar-refractivity contribution in [2.75, 3.05) is 10.8 Å². The van der Waals surface area contributed by atoms with Crippen molar-refractivity contribution in [2.45, 2.75) is 18.7 Å². The van der Waals surface area contributed by atoms with E-state index in [9.17, 15) is 18.5 Å². The zero-order valence-electron chi connectivity index (χ0n) is 12.6. The number of benzene rings is 2. The highest BCUT2D eigenvalue weighted by molar-refractivity contribution is 7.92. The van der Waals surface area contributed by atoms with Gasteiger partial charge in [-0.2, -0.15) is 0 Å². The number of anilines is 1. The van der Waals surface area contributed by atoms with Crippen molar-refractivity contribution in [3.05, 3.63) is 63.2 Å². The van der Waals surface area contributed by atoms with E-state index in [1.165, 1.54) is 18.2 Å². The molecule has 0 heterocycles. The maximum atomic E-state index is 12.8. The van der Waals surface area contributed by atoms with Crippen LogP contribution in [0, 0.1) is 17.0 Å². The van der Waals surface area contributed by atoms with Gasteiger partial charge in [0.25, 0.3) is 15.7 Å². The number of aryl methyl sites for hydroxylation is 1. The molecule has 0 aliphatic heterocycles. The van der Waals surface area contributed by atoms with E-state index >= 15 is 0 Å². The van der Waals surface area contributed by atoms with Crippen LogP contribution >= 0.6 is 11.6 Å². The quantitative estimate of drug-likeness (QED) is 0.604. The zero-order chi connectivity index (χ0) is 17.2. The van der Waals surface area contributed by atoms with E-state index < -0.39 is 14.9 Å². The third-order valence-electron chi connectivity index (χ3n) is 3.35. The highest BCUT2D eigenvalue weighted by atomic mass is 35.5. The Hall–Kier alpha value is -2.12. The summed E-state index contributed by atoms with van der Waals surface area (Å²) in [6.45, 7) is 3.41. The predicted molar refractivity (Wildman–Crippen MR) is 89.5 cm³/mol. The van der Waals surface area contributed by atoms with Gasteiger partial charge < -0.3 is 0 Å². The number of halogens is 1. The Morgan fingerprint density at radius 3 is 2.48 bits per heavy atom. The lowest BCUT2D eigenvalue weighted by Gasteiger charge is -2.23. The van der Waals surface area contributed by atoms with E-state index in [4.69, 9.17) is 11.6 Å². The van der Waals surface area contributed by atoms with E-state index in [1.807, 2.05) is 0 Å². The summed E-state index contributed by atoms with van der Waals surface area (Å²) in [7, 11) is -3.92. The minimum atomic E-state index is -3.92. The van der Waals surface area contributed by atoms with Crippen LogP contribution < -0.4 is 4.31 Å².